The normalized spacial score (nSPS) is 14.0. The first-order valence-electron chi connectivity index (χ1n) is 9.77. The van der Waals surface area contributed by atoms with Crippen molar-refractivity contribution in [1.82, 2.24) is 24.5 Å². The van der Waals surface area contributed by atoms with Crippen molar-refractivity contribution in [2.24, 2.45) is 0 Å². The monoisotopic (exact) mass is 407 g/mol. The van der Waals surface area contributed by atoms with E-state index in [4.69, 9.17) is 0 Å². The highest BCUT2D eigenvalue weighted by atomic mass is 19.1. The average Bonchev–Trinajstić information content (AvgIpc) is 3.50. The number of fused-ring (bicyclic) bond motifs is 1. The molecule has 1 aliphatic carbocycles. The van der Waals surface area contributed by atoms with E-state index < -0.39 is 11.6 Å². The second-order valence-electron chi connectivity index (χ2n) is 7.52. The Hall–Kier alpha value is -3.39. The van der Waals surface area contributed by atoms with E-state index in [9.17, 15) is 13.6 Å². The molecule has 30 heavy (non-hydrogen) atoms. The van der Waals surface area contributed by atoms with E-state index in [1.165, 1.54) is 16.8 Å². The van der Waals surface area contributed by atoms with Crippen LogP contribution in [-0.2, 0) is 13.2 Å². The lowest BCUT2D eigenvalue weighted by Crippen LogP contribution is -2.35. The molecule has 2 heterocycles. The van der Waals surface area contributed by atoms with E-state index in [1.807, 2.05) is 35.2 Å². The Morgan fingerprint density at radius 1 is 1.10 bits per heavy atom. The molecular weight excluding hydrogens is 388 g/mol. The van der Waals surface area contributed by atoms with Crippen LogP contribution in [0.25, 0.3) is 16.6 Å². The molecule has 0 bridgehead atoms. The van der Waals surface area contributed by atoms with Crippen molar-refractivity contribution in [1.29, 1.82) is 0 Å². The van der Waals surface area contributed by atoms with E-state index in [1.54, 1.807) is 17.1 Å². The van der Waals surface area contributed by atoms with Crippen LogP contribution in [-0.4, -0.2) is 30.5 Å². The molecule has 8 heteroatoms. The summed E-state index contributed by atoms with van der Waals surface area (Å²) in [5.74, 6) is -1.19. The largest absolute Gasteiger partial charge is 0.296 e. The standard InChI is InChI=1S/C22H19F2N5O/c23-17-7-6-15(20(24)10-17)12-27(18-8-9-18)14-29-22(30)21-16(11-25-29)13-28(26-21)19-4-2-1-3-5-19/h1-7,10-11,13,18H,8-9,12,14H2. The van der Waals surface area contributed by atoms with E-state index >= 15 is 0 Å². The fraction of sp³-hybridized carbons (Fsp3) is 0.227. The van der Waals surface area contributed by atoms with E-state index in [2.05, 4.69) is 10.2 Å². The zero-order chi connectivity index (χ0) is 20.7. The van der Waals surface area contributed by atoms with Gasteiger partial charge in [-0.2, -0.15) is 10.2 Å². The summed E-state index contributed by atoms with van der Waals surface area (Å²) in [6.45, 7) is 0.496. The summed E-state index contributed by atoms with van der Waals surface area (Å²) >= 11 is 0. The van der Waals surface area contributed by atoms with Gasteiger partial charge >= 0.3 is 0 Å². The Kier molecular flexibility index (Phi) is 4.63. The molecule has 6 nitrogen and oxygen atoms in total. The molecule has 0 N–H and O–H groups in total. The van der Waals surface area contributed by atoms with Crippen molar-refractivity contribution >= 4 is 10.9 Å². The van der Waals surface area contributed by atoms with Crippen LogP contribution in [0.1, 0.15) is 18.4 Å². The first-order valence-corrected chi connectivity index (χ1v) is 9.77. The Morgan fingerprint density at radius 2 is 1.90 bits per heavy atom. The van der Waals surface area contributed by atoms with Crippen molar-refractivity contribution < 1.29 is 8.78 Å². The number of benzene rings is 2. The molecule has 1 saturated carbocycles. The number of hydrogen-bond acceptors (Lipinski definition) is 4. The van der Waals surface area contributed by atoms with Gasteiger partial charge in [-0.25, -0.2) is 18.1 Å². The lowest BCUT2D eigenvalue weighted by molar-refractivity contribution is 0.182. The fourth-order valence-electron chi connectivity index (χ4n) is 3.54. The summed E-state index contributed by atoms with van der Waals surface area (Å²) in [5.41, 5.74) is 1.28. The maximum absolute atomic E-state index is 14.1. The lowest BCUT2D eigenvalue weighted by atomic mass is 10.2. The van der Waals surface area contributed by atoms with Crippen molar-refractivity contribution in [3.05, 3.63) is 88.5 Å². The van der Waals surface area contributed by atoms with Gasteiger partial charge in [-0.15, -0.1) is 0 Å². The first-order chi connectivity index (χ1) is 14.6. The smallest absolute Gasteiger partial charge is 0.277 e. The van der Waals surface area contributed by atoms with Gasteiger partial charge in [-0.3, -0.25) is 9.69 Å². The second-order valence-corrected chi connectivity index (χ2v) is 7.52. The summed E-state index contributed by atoms with van der Waals surface area (Å²) < 4.78 is 30.3. The minimum absolute atomic E-state index is 0.217. The second kappa shape index (κ2) is 7.46. The molecule has 0 spiro atoms. The fourth-order valence-corrected chi connectivity index (χ4v) is 3.54. The molecule has 152 valence electrons. The molecule has 0 saturated heterocycles. The van der Waals surface area contributed by atoms with Crippen molar-refractivity contribution in [3.8, 4) is 5.69 Å². The quantitative estimate of drug-likeness (QED) is 0.491. The highest BCUT2D eigenvalue weighted by molar-refractivity contribution is 5.76. The predicted octanol–water partition coefficient (Wildman–Crippen LogP) is 3.48. The van der Waals surface area contributed by atoms with Crippen molar-refractivity contribution in [3.63, 3.8) is 0 Å². The number of aromatic nitrogens is 4. The summed E-state index contributed by atoms with van der Waals surface area (Å²) in [4.78, 5) is 15.0. The van der Waals surface area contributed by atoms with E-state index in [0.29, 0.717) is 16.5 Å². The molecule has 0 aliphatic heterocycles. The third-order valence-electron chi connectivity index (χ3n) is 5.30. The van der Waals surface area contributed by atoms with Gasteiger partial charge < -0.3 is 0 Å². The number of halogens is 2. The summed E-state index contributed by atoms with van der Waals surface area (Å²) in [7, 11) is 0. The molecule has 5 rings (SSSR count). The van der Waals surface area contributed by atoms with Crippen LogP contribution in [0, 0.1) is 11.6 Å². The van der Waals surface area contributed by atoms with Crippen LogP contribution >= 0.6 is 0 Å². The Morgan fingerprint density at radius 3 is 2.63 bits per heavy atom. The van der Waals surface area contributed by atoms with Gasteiger partial charge in [0.05, 0.1) is 18.6 Å². The number of nitrogens with zero attached hydrogens (tertiary/aromatic N) is 5. The van der Waals surface area contributed by atoms with Crippen LogP contribution in [0.4, 0.5) is 8.78 Å². The number of hydrogen-bond donors (Lipinski definition) is 0. The molecule has 0 amide bonds. The summed E-state index contributed by atoms with van der Waals surface area (Å²) in [6.07, 6.45) is 5.34. The molecule has 0 radical (unpaired) electrons. The molecule has 1 aliphatic rings. The number of para-hydroxylation sites is 1. The topological polar surface area (TPSA) is 56.0 Å². The maximum atomic E-state index is 14.1. The van der Waals surface area contributed by atoms with Gasteiger partial charge in [0.15, 0.2) is 5.52 Å². The van der Waals surface area contributed by atoms with Gasteiger partial charge in [0.1, 0.15) is 11.6 Å². The highest BCUT2D eigenvalue weighted by Crippen LogP contribution is 2.29. The molecule has 1 fully saturated rings. The molecule has 4 aromatic rings. The third kappa shape index (κ3) is 3.61. The van der Waals surface area contributed by atoms with Crippen LogP contribution in [0.2, 0.25) is 0 Å². The number of rotatable bonds is 6. The SMILES string of the molecule is O=c1c2nn(-c3ccccc3)cc2cnn1CN(Cc1ccc(F)cc1F)C1CC1. The molecular formula is C22H19F2N5O. The zero-order valence-corrected chi connectivity index (χ0v) is 16.1. The van der Waals surface area contributed by atoms with Crippen LogP contribution in [0.15, 0.2) is 65.7 Å². The minimum atomic E-state index is -0.605. The van der Waals surface area contributed by atoms with Gasteiger partial charge in [0, 0.05) is 35.8 Å². The van der Waals surface area contributed by atoms with Crippen molar-refractivity contribution in [2.45, 2.75) is 32.1 Å². The van der Waals surface area contributed by atoms with E-state index in [-0.39, 0.29) is 24.8 Å². The summed E-state index contributed by atoms with van der Waals surface area (Å²) in [5, 5.41) is 9.39. The molecule has 2 aromatic heterocycles. The highest BCUT2D eigenvalue weighted by Gasteiger charge is 2.30. The predicted molar refractivity (Wildman–Crippen MR) is 108 cm³/mol. The van der Waals surface area contributed by atoms with Gasteiger partial charge in [-0.1, -0.05) is 24.3 Å². The Labute approximate surface area is 171 Å². The van der Waals surface area contributed by atoms with Gasteiger partial charge in [-0.05, 0) is 31.0 Å². The first kappa shape index (κ1) is 18.6. The third-order valence-corrected chi connectivity index (χ3v) is 5.30. The van der Waals surface area contributed by atoms with Gasteiger partial charge in [0.2, 0.25) is 0 Å². The molecule has 0 atom stereocenters. The molecule has 0 unspecified atom stereocenters. The minimum Gasteiger partial charge on any atom is -0.277 e. The zero-order valence-electron chi connectivity index (χ0n) is 16.1. The van der Waals surface area contributed by atoms with E-state index in [0.717, 1.165) is 24.6 Å². The Balaban J connectivity index is 1.44. The van der Waals surface area contributed by atoms with Gasteiger partial charge in [0.25, 0.3) is 5.56 Å². The lowest BCUT2D eigenvalue weighted by Gasteiger charge is -2.22. The van der Waals surface area contributed by atoms with Crippen LogP contribution in [0.3, 0.4) is 0 Å². The van der Waals surface area contributed by atoms with Crippen LogP contribution < -0.4 is 5.56 Å². The molecule has 2 aromatic carbocycles. The Bertz CT molecular complexity index is 1260. The summed E-state index contributed by atoms with van der Waals surface area (Å²) in [6, 6.07) is 13.4. The maximum Gasteiger partial charge on any atom is 0.296 e. The van der Waals surface area contributed by atoms with Crippen LogP contribution in [0.5, 0.6) is 0 Å². The van der Waals surface area contributed by atoms with Crippen molar-refractivity contribution in [2.75, 3.05) is 0 Å². The average molecular weight is 407 g/mol.